The van der Waals surface area contributed by atoms with Gasteiger partial charge in [0.05, 0.1) is 6.61 Å². The van der Waals surface area contributed by atoms with Crippen molar-refractivity contribution in [1.82, 2.24) is 10.2 Å². The maximum absolute atomic E-state index is 11.2. The van der Waals surface area contributed by atoms with E-state index in [-0.39, 0.29) is 25.0 Å². The van der Waals surface area contributed by atoms with Gasteiger partial charge >= 0.3 is 12.0 Å². The van der Waals surface area contributed by atoms with Gasteiger partial charge in [0.15, 0.2) is 0 Å². The molecule has 0 aliphatic carbocycles. The number of nitrogens with zero attached hydrogens (tertiary/aromatic N) is 1. The van der Waals surface area contributed by atoms with E-state index < -0.39 is 12.0 Å². The molecule has 7 nitrogen and oxygen atoms in total. The number of likely N-dealkylation sites (tertiary alicyclic amines) is 1. The first-order valence-corrected chi connectivity index (χ1v) is 6.13. The summed E-state index contributed by atoms with van der Waals surface area (Å²) >= 11 is 0. The van der Waals surface area contributed by atoms with E-state index >= 15 is 0 Å². The van der Waals surface area contributed by atoms with Crippen LogP contribution in [-0.2, 0) is 4.79 Å². The maximum atomic E-state index is 11.2. The minimum atomic E-state index is -0.828. The number of carboxylic acids is 1. The molecule has 2 unspecified atom stereocenters. The third-order valence-corrected chi connectivity index (χ3v) is 3.16. The van der Waals surface area contributed by atoms with Crippen molar-refractivity contribution in [1.29, 1.82) is 0 Å². The normalized spacial score (nSPS) is 23.9. The molecule has 0 saturated carbocycles. The van der Waals surface area contributed by atoms with Crippen molar-refractivity contribution in [2.45, 2.75) is 25.3 Å². The van der Waals surface area contributed by atoms with Crippen LogP contribution in [0.2, 0.25) is 0 Å². The molecule has 1 aliphatic rings. The number of carbonyl (C=O) groups is 2. The summed E-state index contributed by atoms with van der Waals surface area (Å²) < 4.78 is 0. The van der Waals surface area contributed by atoms with Crippen molar-refractivity contribution in [3.63, 3.8) is 0 Å². The number of nitrogens with one attached hydrogen (secondary N) is 1. The van der Waals surface area contributed by atoms with Gasteiger partial charge in [-0.25, -0.2) is 4.79 Å². The van der Waals surface area contributed by atoms with Gasteiger partial charge in [-0.15, -0.1) is 0 Å². The molecular formula is C11H21N3O4. The van der Waals surface area contributed by atoms with Crippen LogP contribution in [0.1, 0.15) is 19.3 Å². The third-order valence-electron chi connectivity index (χ3n) is 3.16. The second-order valence-electron chi connectivity index (χ2n) is 4.65. The summed E-state index contributed by atoms with van der Waals surface area (Å²) in [7, 11) is 0. The number of rotatable bonds is 6. The summed E-state index contributed by atoms with van der Waals surface area (Å²) in [5.74, 6) is -0.690. The molecule has 104 valence electrons. The van der Waals surface area contributed by atoms with Gasteiger partial charge in [0, 0.05) is 32.1 Å². The van der Waals surface area contributed by atoms with E-state index in [9.17, 15) is 9.59 Å². The number of carboxylic acid groups (broad SMARTS) is 1. The van der Waals surface area contributed by atoms with Crippen LogP contribution in [-0.4, -0.2) is 59.4 Å². The molecule has 18 heavy (non-hydrogen) atoms. The Hall–Kier alpha value is -1.34. The first-order chi connectivity index (χ1) is 8.52. The fourth-order valence-corrected chi connectivity index (χ4v) is 2.34. The topological polar surface area (TPSA) is 116 Å². The van der Waals surface area contributed by atoms with Crippen LogP contribution in [0.3, 0.4) is 0 Å². The van der Waals surface area contributed by atoms with Gasteiger partial charge in [-0.2, -0.15) is 0 Å². The summed E-state index contributed by atoms with van der Waals surface area (Å²) in [4.78, 5) is 23.3. The lowest BCUT2D eigenvalue weighted by Crippen LogP contribution is -2.53. The van der Waals surface area contributed by atoms with Crippen LogP contribution in [0.15, 0.2) is 0 Å². The molecule has 2 amide bonds. The van der Waals surface area contributed by atoms with Crippen LogP contribution in [0.5, 0.6) is 0 Å². The van der Waals surface area contributed by atoms with Crippen LogP contribution >= 0.6 is 0 Å². The summed E-state index contributed by atoms with van der Waals surface area (Å²) in [6.45, 7) is 1.52. The highest BCUT2D eigenvalue weighted by Crippen LogP contribution is 2.21. The SMILES string of the molecule is NC(=O)N1CC(CCC(=O)O)CC(NCCO)C1. The maximum Gasteiger partial charge on any atom is 0.314 e. The van der Waals surface area contributed by atoms with E-state index in [2.05, 4.69) is 5.32 Å². The van der Waals surface area contributed by atoms with Gasteiger partial charge in [-0.3, -0.25) is 4.79 Å². The molecular weight excluding hydrogens is 238 g/mol. The lowest BCUT2D eigenvalue weighted by Gasteiger charge is -2.37. The van der Waals surface area contributed by atoms with Crippen molar-refractivity contribution in [2.75, 3.05) is 26.2 Å². The number of aliphatic hydroxyl groups is 1. The highest BCUT2D eigenvalue weighted by molar-refractivity contribution is 5.72. The van der Waals surface area contributed by atoms with E-state index in [0.29, 0.717) is 26.1 Å². The fourth-order valence-electron chi connectivity index (χ4n) is 2.34. The van der Waals surface area contributed by atoms with Gasteiger partial charge in [-0.1, -0.05) is 0 Å². The third kappa shape index (κ3) is 4.89. The molecule has 0 bridgehead atoms. The van der Waals surface area contributed by atoms with Crippen LogP contribution in [0, 0.1) is 5.92 Å². The number of nitrogens with two attached hydrogens (primary N) is 1. The van der Waals surface area contributed by atoms with Crippen molar-refractivity contribution in [3.05, 3.63) is 0 Å². The predicted molar refractivity (Wildman–Crippen MR) is 65.0 cm³/mol. The monoisotopic (exact) mass is 259 g/mol. The Morgan fingerprint density at radius 3 is 2.67 bits per heavy atom. The number of urea groups is 1. The van der Waals surface area contributed by atoms with Gasteiger partial charge in [0.25, 0.3) is 0 Å². The van der Waals surface area contributed by atoms with E-state index in [1.807, 2.05) is 0 Å². The summed E-state index contributed by atoms with van der Waals surface area (Å²) in [5.41, 5.74) is 5.27. The number of aliphatic hydroxyl groups excluding tert-OH is 1. The van der Waals surface area contributed by atoms with Gasteiger partial charge < -0.3 is 26.2 Å². The van der Waals surface area contributed by atoms with Crippen LogP contribution < -0.4 is 11.1 Å². The average Bonchev–Trinajstić information content (AvgIpc) is 2.33. The second kappa shape index (κ2) is 7.17. The minimum absolute atomic E-state index is 0.0346. The van der Waals surface area contributed by atoms with Crippen molar-refractivity contribution in [3.8, 4) is 0 Å². The molecule has 5 N–H and O–H groups in total. The first kappa shape index (κ1) is 14.7. The lowest BCUT2D eigenvalue weighted by atomic mass is 9.90. The fraction of sp³-hybridized carbons (Fsp3) is 0.818. The van der Waals surface area contributed by atoms with Crippen molar-refractivity contribution < 1.29 is 19.8 Å². The Bertz CT molecular complexity index is 298. The molecule has 0 aromatic carbocycles. The smallest absolute Gasteiger partial charge is 0.314 e. The molecule has 1 fully saturated rings. The number of primary amides is 1. The number of amides is 2. The lowest BCUT2D eigenvalue weighted by molar-refractivity contribution is -0.137. The summed E-state index contributed by atoms with van der Waals surface area (Å²) in [6, 6.07) is -0.414. The molecule has 7 heteroatoms. The quantitative estimate of drug-likeness (QED) is 0.498. The largest absolute Gasteiger partial charge is 0.481 e. The Balaban J connectivity index is 2.50. The molecule has 0 aromatic rings. The molecule has 1 aliphatic heterocycles. The second-order valence-corrected chi connectivity index (χ2v) is 4.65. The van der Waals surface area contributed by atoms with Crippen molar-refractivity contribution in [2.24, 2.45) is 11.7 Å². The highest BCUT2D eigenvalue weighted by Gasteiger charge is 2.28. The molecule has 1 saturated heterocycles. The number of hydrogen-bond donors (Lipinski definition) is 4. The summed E-state index contributed by atoms with van der Waals surface area (Å²) in [5, 5.41) is 20.6. The zero-order valence-corrected chi connectivity index (χ0v) is 10.3. The van der Waals surface area contributed by atoms with E-state index in [1.165, 1.54) is 4.90 Å². The standard InChI is InChI=1S/C11H21N3O4/c12-11(18)14-6-8(1-2-10(16)17)5-9(7-14)13-3-4-15/h8-9,13,15H,1-7H2,(H2,12,18)(H,16,17). The average molecular weight is 259 g/mol. The van der Waals surface area contributed by atoms with E-state index in [1.54, 1.807) is 0 Å². The number of aliphatic carboxylic acids is 1. The molecule has 0 spiro atoms. The Kier molecular flexibility index (Phi) is 5.87. The number of hydrogen-bond acceptors (Lipinski definition) is 4. The molecule has 0 aromatic heterocycles. The summed E-state index contributed by atoms with van der Waals surface area (Å²) in [6.07, 6.45) is 1.44. The van der Waals surface area contributed by atoms with E-state index in [4.69, 9.17) is 15.9 Å². The Morgan fingerprint density at radius 1 is 1.39 bits per heavy atom. The molecule has 1 heterocycles. The Labute approximate surface area is 106 Å². The molecule has 1 rings (SSSR count). The van der Waals surface area contributed by atoms with Crippen LogP contribution in [0.25, 0.3) is 0 Å². The minimum Gasteiger partial charge on any atom is -0.481 e. The Morgan fingerprint density at radius 2 is 2.11 bits per heavy atom. The first-order valence-electron chi connectivity index (χ1n) is 6.13. The zero-order valence-electron chi connectivity index (χ0n) is 10.3. The number of carbonyl (C=O) groups excluding carboxylic acids is 1. The molecule has 2 atom stereocenters. The van der Waals surface area contributed by atoms with Gasteiger partial charge in [0.1, 0.15) is 0 Å². The van der Waals surface area contributed by atoms with Crippen molar-refractivity contribution >= 4 is 12.0 Å². The number of piperidine rings is 1. The molecule has 0 radical (unpaired) electrons. The predicted octanol–water partition coefficient (Wildman–Crippen LogP) is -0.798. The van der Waals surface area contributed by atoms with Crippen LogP contribution in [0.4, 0.5) is 4.79 Å². The van der Waals surface area contributed by atoms with E-state index in [0.717, 1.165) is 6.42 Å². The van der Waals surface area contributed by atoms with Gasteiger partial charge in [0.2, 0.25) is 0 Å². The highest BCUT2D eigenvalue weighted by atomic mass is 16.4. The van der Waals surface area contributed by atoms with Gasteiger partial charge in [-0.05, 0) is 18.8 Å². The zero-order chi connectivity index (χ0) is 13.5.